The lowest BCUT2D eigenvalue weighted by Gasteiger charge is -2.13. The lowest BCUT2D eigenvalue weighted by molar-refractivity contribution is 0.311. The van der Waals surface area contributed by atoms with Crippen molar-refractivity contribution in [3.63, 3.8) is 0 Å². The highest BCUT2D eigenvalue weighted by molar-refractivity contribution is 5.58. The number of aryl methyl sites for hydroxylation is 1. The summed E-state index contributed by atoms with van der Waals surface area (Å²) >= 11 is 0. The Hall–Kier alpha value is -1.22. The summed E-state index contributed by atoms with van der Waals surface area (Å²) in [6.07, 6.45) is 0. The Labute approximate surface area is 84.7 Å². The van der Waals surface area contributed by atoms with Gasteiger partial charge in [0.05, 0.1) is 13.7 Å². The van der Waals surface area contributed by atoms with Crippen molar-refractivity contribution in [1.82, 2.24) is 0 Å². The summed E-state index contributed by atoms with van der Waals surface area (Å²) in [7, 11) is 1.66. The zero-order valence-electron chi connectivity index (χ0n) is 8.92. The van der Waals surface area contributed by atoms with Crippen LogP contribution in [0.1, 0.15) is 11.1 Å². The summed E-state index contributed by atoms with van der Waals surface area (Å²) in [4.78, 5) is 0. The van der Waals surface area contributed by atoms with Crippen molar-refractivity contribution in [1.29, 1.82) is 0 Å². The fraction of sp³-hybridized carbons (Fsp3) is 0.455. The first-order valence-electron chi connectivity index (χ1n) is 4.69. The van der Waals surface area contributed by atoms with Crippen LogP contribution in [0.3, 0.4) is 0 Å². The van der Waals surface area contributed by atoms with Gasteiger partial charge in [0, 0.05) is 17.8 Å². The number of nitrogens with one attached hydrogen (secondary N) is 1. The molecule has 0 aromatic heterocycles. The van der Waals surface area contributed by atoms with Gasteiger partial charge < -0.3 is 15.2 Å². The van der Waals surface area contributed by atoms with Gasteiger partial charge in [-0.3, -0.25) is 0 Å². The van der Waals surface area contributed by atoms with Crippen LogP contribution in [-0.4, -0.2) is 25.4 Å². The number of methoxy groups -OCH3 is 1. The maximum Gasteiger partial charge on any atom is 0.124 e. The zero-order chi connectivity index (χ0) is 10.6. The summed E-state index contributed by atoms with van der Waals surface area (Å²) < 4.78 is 5.24. The van der Waals surface area contributed by atoms with Crippen LogP contribution in [0.2, 0.25) is 0 Å². The van der Waals surface area contributed by atoms with E-state index in [2.05, 4.69) is 5.32 Å². The predicted molar refractivity (Wildman–Crippen MR) is 58.0 cm³/mol. The van der Waals surface area contributed by atoms with E-state index in [1.807, 2.05) is 26.0 Å². The van der Waals surface area contributed by atoms with Crippen LogP contribution in [0.5, 0.6) is 5.75 Å². The molecule has 0 aliphatic heterocycles. The average Bonchev–Trinajstić information content (AvgIpc) is 2.18. The van der Waals surface area contributed by atoms with Crippen molar-refractivity contribution in [2.75, 3.05) is 25.6 Å². The minimum Gasteiger partial charge on any atom is -0.496 e. The Bertz CT molecular complexity index is 310. The zero-order valence-corrected chi connectivity index (χ0v) is 8.92. The SMILES string of the molecule is COc1cc(C)cc(NCCO)c1C. The molecule has 0 saturated carbocycles. The molecule has 0 atom stereocenters. The summed E-state index contributed by atoms with van der Waals surface area (Å²) in [5, 5.41) is 11.9. The van der Waals surface area contributed by atoms with Crippen LogP contribution in [0, 0.1) is 13.8 Å². The van der Waals surface area contributed by atoms with Gasteiger partial charge in [-0.1, -0.05) is 0 Å². The van der Waals surface area contributed by atoms with E-state index in [9.17, 15) is 0 Å². The summed E-state index contributed by atoms with van der Waals surface area (Å²) in [6, 6.07) is 4.05. The third-order valence-corrected chi connectivity index (χ3v) is 2.15. The molecule has 1 rings (SSSR count). The number of aliphatic hydroxyl groups excluding tert-OH is 1. The molecule has 0 heterocycles. The fourth-order valence-electron chi connectivity index (χ4n) is 1.41. The molecular weight excluding hydrogens is 178 g/mol. The van der Waals surface area contributed by atoms with Crippen LogP contribution in [-0.2, 0) is 0 Å². The molecule has 0 fully saturated rings. The van der Waals surface area contributed by atoms with Crippen molar-refractivity contribution in [2.45, 2.75) is 13.8 Å². The fourth-order valence-corrected chi connectivity index (χ4v) is 1.41. The van der Waals surface area contributed by atoms with E-state index in [1.165, 1.54) is 0 Å². The molecule has 3 nitrogen and oxygen atoms in total. The van der Waals surface area contributed by atoms with Crippen LogP contribution < -0.4 is 10.1 Å². The Balaban J connectivity index is 2.96. The highest BCUT2D eigenvalue weighted by Crippen LogP contribution is 2.27. The van der Waals surface area contributed by atoms with Gasteiger partial charge in [0.1, 0.15) is 5.75 Å². The second-order valence-electron chi connectivity index (χ2n) is 3.29. The largest absolute Gasteiger partial charge is 0.496 e. The molecule has 78 valence electrons. The van der Waals surface area contributed by atoms with Gasteiger partial charge in [-0.15, -0.1) is 0 Å². The second-order valence-corrected chi connectivity index (χ2v) is 3.29. The number of aliphatic hydroxyl groups is 1. The molecule has 0 unspecified atom stereocenters. The Morgan fingerprint density at radius 1 is 1.36 bits per heavy atom. The molecule has 2 N–H and O–H groups in total. The van der Waals surface area contributed by atoms with E-state index in [0.717, 1.165) is 22.6 Å². The van der Waals surface area contributed by atoms with Crippen LogP contribution in [0.15, 0.2) is 12.1 Å². The molecule has 14 heavy (non-hydrogen) atoms. The second kappa shape index (κ2) is 4.86. The number of rotatable bonds is 4. The predicted octanol–water partition coefficient (Wildman–Crippen LogP) is 1.72. The third kappa shape index (κ3) is 2.39. The summed E-state index contributed by atoms with van der Waals surface area (Å²) in [5.74, 6) is 0.880. The van der Waals surface area contributed by atoms with E-state index in [1.54, 1.807) is 7.11 Å². The molecule has 0 saturated heterocycles. The van der Waals surface area contributed by atoms with Crippen molar-refractivity contribution in [3.05, 3.63) is 23.3 Å². The van der Waals surface area contributed by atoms with Gasteiger partial charge >= 0.3 is 0 Å². The number of hydrogen-bond acceptors (Lipinski definition) is 3. The third-order valence-electron chi connectivity index (χ3n) is 2.15. The molecular formula is C11H17NO2. The number of ether oxygens (including phenoxy) is 1. The molecule has 0 aliphatic carbocycles. The quantitative estimate of drug-likeness (QED) is 0.768. The Morgan fingerprint density at radius 2 is 2.07 bits per heavy atom. The molecule has 1 aromatic rings. The van der Waals surface area contributed by atoms with Crippen molar-refractivity contribution >= 4 is 5.69 Å². The first-order chi connectivity index (χ1) is 6.69. The maximum atomic E-state index is 8.72. The molecule has 0 radical (unpaired) electrons. The maximum absolute atomic E-state index is 8.72. The van der Waals surface area contributed by atoms with Crippen molar-refractivity contribution in [2.24, 2.45) is 0 Å². The number of hydrogen-bond donors (Lipinski definition) is 2. The smallest absolute Gasteiger partial charge is 0.124 e. The highest BCUT2D eigenvalue weighted by atomic mass is 16.5. The van der Waals surface area contributed by atoms with E-state index in [4.69, 9.17) is 9.84 Å². The standard InChI is InChI=1S/C11H17NO2/c1-8-6-10(12-4-5-13)9(2)11(7-8)14-3/h6-7,12-13H,4-5H2,1-3H3. The van der Waals surface area contributed by atoms with Crippen LogP contribution >= 0.6 is 0 Å². The monoisotopic (exact) mass is 195 g/mol. The molecule has 1 aromatic carbocycles. The Morgan fingerprint density at radius 3 is 2.64 bits per heavy atom. The number of benzene rings is 1. The van der Waals surface area contributed by atoms with Gasteiger partial charge in [0.2, 0.25) is 0 Å². The van der Waals surface area contributed by atoms with E-state index in [0.29, 0.717) is 6.54 Å². The normalized spacial score (nSPS) is 10.0. The minimum atomic E-state index is 0.135. The summed E-state index contributed by atoms with van der Waals surface area (Å²) in [6.45, 7) is 4.72. The van der Waals surface area contributed by atoms with Crippen molar-refractivity contribution < 1.29 is 9.84 Å². The van der Waals surface area contributed by atoms with Crippen LogP contribution in [0.25, 0.3) is 0 Å². The average molecular weight is 195 g/mol. The summed E-state index contributed by atoms with van der Waals surface area (Å²) in [5.41, 5.74) is 3.25. The molecule has 0 amide bonds. The van der Waals surface area contributed by atoms with Gasteiger partial charge in [-0.2, -0.15) is 0 Å². The molecule has 0 aliphatic rings. The number of anilines is 1. The molecule has 3 heteroatoms. The van der Waals surface area contributed by atoms with E-state index < -0.39 is 0 Å². The van der Waals surface area contributed by atoms with Gasteiger partial charge in [0.15, 0.2) is 0 Å². The molecule has 0 bridgehead atoms. The lowest BCUT2D eigenvalue weighted by atomic mass is 10.1. The van der Waals surface area contributed by atoms with Crippen molar-refractivity contribution in [3.8, 4) is 5.75 Å². The van der Waals surface area contributed by atoms with Crippen LogP contribution in [0.4, 0.5) is 5.69 Å². The van der Waals surface area contributed by atoms with Gasteiger partial charge in [0.25, 0.3) is 0 Å². The minimum absolute atomic E-state index is 0.135. The van der Waals surface area contributed by atoms with E-state index >= 15 is 0 Å². The lowest BCUT2D eigenvalue weighted by Crippen LogP contribution is -2.07. The first kappa shape index (κ1) is 10.9. The first-order valence-corrected chi connectivity index (χ1v) is 4.69. The Kier molecular flexibility index (Phi) is 3.77. The molecule has 0 spiro atoms. The van der Waals surface area contributed by atoms with Gasteiger partial charge in [-0.25, -0.2) is 0 Å². The van der Waals surface area contributed by atoms with E-state index in [-0.39, 0.29) is 6.61 Å². The van der Waals surface area contributed by atoms with Gasteiger partial charge in [-0.05, 0) is 31.5 Å². The highest BCUT2D eigenvalue weighted by Gasteiger charge is 2.04. The topological polar surface area (TPSA) is 41.5 Å².